The Morgan fingerprint density at radius 2 is 1.71 bits per heavy atom. The molecule has 5 nitrogen and oxygen atoms in total. The number of nitrogens with zero attached hydrogens (tertiary/aromatic N) is 1. The number of nitrogens with one attached hydrogen (secondary N) is 1. The molecule has 0 aliphatic carbocycles. The van der Waals surface area contributed by atoms with Gasteiger partial charge < -0.3 is 5.43 Å². The number of hydrogen-bond donors (Lipinski definition) is 2. The summed E-state index contributed by atoms with van der Waals surface area (Å²) in [5.41, 5.74) is 2.34. The first-order valence-electron chi connectivity index (χ1n) is 4.87. The molecule has 0 radical (unpaired) electrons. The molecule has 2 aromatic rings. The number of nitrogens with two attached hydrogens (primary N) is 1. The second-order valence-corrected chi connectivity index (χ2v) is 5.29. The topological polar surface area (TPSA) is 85.1 Å². The maximum absolute atomic E-state index is 12.1. The molecular formula is C11H11N3O2S. The summed E-state index contributed by atoms with van der Waals surface area (Å²) in [5, 5.41) is 0. The fraction of sp³-hybridized carbons (Fsp3) is 0. The molecule has 0 amide bonds. The van der Waals surface area contributed by atoms with Crippen LogP contribution < -0.4 is 11.3 Å². The fourth-order valence-electron chi connectivity index (χ4n) is 1.36. The zero-order valence-corrected chi connectivity index (χ0v) is 9.68. The van der Waals surface area contributed by atoms with Gasteiger partial charge >= 0.3 is 0 Å². The van der Waals surface area contributed by atoms with Crippen molar-refractivity contribution in [3.63, 3.8) is 0 Å². The van der Waals surface area contributed by atoms with Crippen LogP contribution in [0.25, 0.3) is 0 Å². The Hall–Kier alpha value is -1.92. The maximum atomic E-state index is 12.1. The minimum atomic E-state index is -3.50. The van der Waals surface area contributed by atoms with Gasteiger partial charge in [-0.2, -0.15) is 0 Å². The highest BCUT2D eigenvalue weighted by Crippen LogP contribution is 2.20. The van der Waals surface area contributed by atoms with Crippen molar-refractivity contribution in [2.24, 2.45) is 5.84 Å². The second kappa shape index (κ2) is 4.52. The van der Waals surface area contributed by atoms with Crippen LogP contribution in [0, 0.1) is 0 Å². The van der Waals surface area contributed by atoms with E-state index in [1.807, 2.05) is 0 Å². The van der Waals surface area contributed by atoms with Crippen LogP contribution in [0.15, 0.2) is 58.5 Å². The molecular weight excluding hydrogens is 238 g/mol. The lowest BCUT2D eigenvalue weighted by molar-refractivity contribution is 0.595. The SMILES string of the molecule is NNc1ccc(S(=O)(=O)c2ccccc2)cn1. The van der Waals surface area contributed by atoms with Gasteiger partial charge in [-0.15, -0.1) is 0 Å². The molecule has 88 valence electrons. The van der Waals surface area contributed by atoms with E-state index in [4.69, 9.17) is 5.84 Å². The smallest absolute Gasteiger partial charge is 0.208 e. The van der Waals surface area contributed by atoms with E-state index in [1.54, 1.807) is 30.3 Å². The molecule has 1 heterocycles. The zero-order chi connectivity index (χ0) is 12.3. The molecule has 0 spiro atoms. The number of aromatic nitrogens is 1. The number of rotatable bonds is 3. The van der Waals surface area contributed by atoms with E-state index in [-0.39, 0.29) is 9.79 Å². The second-order valence-electron chi connectivity index (χ2n) is 3.34. The third-order valence-electron chi connectivity index (χ3n) is 2.25. The van der Waals surface area contributed by atoms with E-state index in [0.29, 0.717) is 5.82 Å². The number of hydrazine groups is 1. The fourth-order valence-corrected chi connectivity index (χ4v) is 2.59. The normalized spacial score (nSPS) is 11.1. The molecule has 1 aromatic heterocycles. The van der Waals surface area contributed by atoms with Crippen LogP contribution in [0.3, 0.4) is 0 Å². The monoisotopic (exact) mass is 249 g/mol. The van der Waals surface area contributed by atoms with Gasteiger partial charge in [-0.05, 0) is 24.3 Å². The highest BCUT2D eigenvalue weighted by Gasteiger charge is 2.17. The van der Waals surface area contributed by atoms with E-state index in [9.17, 15) is 8.42 Å². The zero-order valence-electron chi connectivity index (χ0n) is 8.87. The Bertz CT molecular complexity index is 594. The minimum absolute atomic E-state index is 0.141. The van der Waals surface area contributed by atoms with Gasteiger partial charge in [0.15, 0.2) is 0 Å². The molecule has 1 aromatic carbocycles. The third-order valence-corrected chi connectivity index (χ3v) is 4.00. The minimum Gasteiger partial charge on any atom is -0.308 e. The lowest BCUT2D eigenvalue weighted by atomic mass is 10.4. The molecule has 0 fully saturated rings. The van der Waals surface area contributed by atoms with Crippen molar-refractivity contribution >= 4 is 15.7 Å². The maximum Gasteiger partial charge on any atom is 0.208 e. The van der Waals surface area contributed by atoms with Gasteiger partial charge in [0, 0.05) is 6.20 Å². The first-order valence-corrected chi connectivity index (χ1v) is 6.36. The molecule has 6 heteroatoms. The van der Waals surface area contributed by atoms with Crippen LogP contribution in [0.2, 0.25) is 0 Å². The van der Waals surface area contributed by atoms with Crippen molar-refractivity contribution in [2.75, 3.05) is 5.43 Å². The molecule has 0 atom stereocenters. The summed E-state index contributed by atoms with van der Waals surface area (Å²) in [7, 11) is -3.50. The Kier molecular flexibility index (Phi) is 3.08. The summed E-state index contributed by atoms with van der Waals surface area (Å²) in [6.45, 7) is 0. The predicted octanol–water partition coefficient (Wildman–Crippen LogP) is 1.20. The van der Waals surface area contributed by atoms with Gasteiger partial charge in [-0.1, -0.05) is 18.2 Å². The Labute approximate surface area is 99.2 Å². The van der Waals surface area contributed by atoms with Crippen molar-refractivity contribution < 1.29 is 8.42 Å². The Morgan fingerprint density at radius 3 is 2.24 bits per heavy atom. The van der Waals surface area contributed by atoms with Gasteiger partial charge in [0.25, 0.3) is 0 Å². The van der Waals surface area contributed by atoms with E-state index in [0.717, 1.165) is 0 Å². The van der Waals surface area contributed by atoms with Crippen LogP contribution in [-0.4, -0.2) is 13.4 Å². The first kappa shape index (κ1) is 11.6. The Balaban J connectivity index is 2.45. The largest absolute Gasteiger partial charge is 0.308 e. The van der Waals surface area contributed by atoms with Crippen molar-refractivity contribution in [1.82, 2.24) is 4.98 Å². The number of pyridine rings is 1. The summed E-state index contributed by atoms with van der Waals surface area (Å²) in [4.78, 5) is 4.26. The van der Waals surface area contributed by atoms with Gasteiger partial charge in [0.05, 0.1) is 9.79 Å². The van der Waals surface area contributed by atoms with Gasteiger partial charge in [0.2, 0.25) is 9.84 Å². The molecule has 0 bridgehead atoms. The average Bonchev–Trinajstić information content (AvgIpc) is 2.40. The number of sulfone groups is 1. The molecule has 2 rings (SSSR count). The molecule has 0 saturated heterocycles. The number of anilines is 1. The van der Waals surface area contributed by atoms with Crippen LogP contribution in [0.1, 0.15) is 0 Å². The molecule has 17 heavy (non-hydrogen) atoms. The average molecular weight is 249 g/mol. The van der Waals surface area contributed by atoms with Crippen LogP contribution in [0.4, 0.5) is 5.82 Å². The van der Waals surface area contributed by atoms with E-state index < -0.39 is 9.84 Å². The van der Waals surface area contributed by atoms with Crippen molar-refractivity contribution in [1.29, 1.82) is 0 Å². The quantitative estimate of drug-likeness (QED) is 0.630. The number of hydrogen-bond acceptors (Lipinski definition) is 5. The van der Waals surface area contributed by atoms with E-state index >= 15 is 0 Å². The lowest BCUT2D eigenvalue weighted by Gasteiger charge is -2.04. The molecule has 0 unspecified atom stereocenters. The van der Waals surface area contributed by atoms with E-state index in [1.165, 1.54) is 18.3 Å². The molecule has 0 aliphatic rings. The molecule has 3 N–H and O–H groups in total. The van der Waals surface area contributed by atoms with Gasteiger partial charge in [0.1, 0.15) is 5.82 Å². The van der Waals surface area contributed by atoms with Crippen LogP contribution >= 0.6 is 0 Å². The van der Waals surface area contributed by atoms with Gasteiger partial charge in [-0.25, -0.2) is 19.2 Å². The summed E-state index contributed by atoms with van der Waals surface area (Å²) in [6, 6.07) is 11.2. The summed E-state index contributed by atoms with van der Waals surface area (Å²) in [5.74, 6) is 5.57. The Morgan fingerprint density at radius 1 is 1.00 bits per heavy atom. The van der Waals surface area contributed by atoms with Gasteiger partial charge in [-0.3, -0.25) is 0 Å². The summed E-state index contributed by atoms with van der Waals surface area (Å²) in [6.07, 6.45) is 1.28. The van der Waals surface area contributed by atoms with E-state index in [2.05, 4.69) is 10.4 Å². The van der Waals surface area contributed by atoms with Crippen molar-refractivity contribution in [3.8, 4) is 0 Å². The van der Waals surface area contributed by atoms with Crippen LogP contribution in [0.5, 0.6) is 0 Å². The number of benzene rings is 1. The molecule has 0 saturated carbocycles. The lowest BCUT2D eigenvalue weighted by Crippen LogP contribution is -2.09. The summed E-state index contributed by atoms with van der Waals surface area (Å²) >= 11 is 0. The van der Waals surface area contributed by atoms with Crippen LogP contribution in [-0.2, 0) is 9.84 Å². The standard InChI is InChI=1S/C11H11N3O2S/c12-14-11-7-6-10(8-13-11)17(15,16)9-4-2-1-3-5-9/h1-8H,12H2,(H,13,14). The number of nitrogen functional groups attached to an aromatic ring is 1. The predicted molar refractivity (Wildman–Crippen MR) is 63.9 cm³/mol. The highest BCUT2D eigenvalue weighted by molar-refractivity contribution is 7.91. The van der Waals surface area contributed by atoms with Crippen molar-refractivity contribution in [2.45, 2.75) is 9.79 Å². The first-order chi connectivity index (χ1) is 8.14. The highest BCUT2D eigenvalue weighted by atomic mass is 32.2. The summed E-state index contributed by atoms with van der Waals surface area (Å²) < 4.78 is 24.3. The molecule has 0 aliphatic heterocycles. The van der Waals surface area contributed by atoms with Crippen molar-refractivity contribution in [3.05, 3.63) is 48.7 Å². The third kappa shape index (κ3) is 2.27.